The second-order valence-corrected chi connectivity index (χ2v) is 11.2. The van der Waals surface area contributed by atoms with Crippen LogP contribution < -0.4 is 10.2 Å². The minimum atomic E-state index is -0.0570. The molecule has 4 aromatic rings. The molecular weight excluding hydrogens is 514 g/mol. The quantitative estimate of drug-likeness (QED) is 0.359. The smallest absolute Gasteiger partial charge is 0.228 e. The number of benzene rings is 2. The van der Waals surface area contributed by atoms with E-state index in [1.807, 2.05) is 67.6 Å². The number of rotatable bonds is 7. The van der Waals surface area contributed by atoms with Crippen molar-refractivity contribution in [1.29, 1.82) is 0 Å². The third kappa shape index (κ3) is 6.44. The van der Waals surface area contributed by atoms with Crippen LogP contribution >= 0.6 is 0 Å². The highest BCUT2D eigenvalue weighted by molar-refractivity contribution is 5.93. The summed E-state index contributed by atoms with van der Waals surface area (Å²) in [5, 5.41) is 17.7. The van der Waals surface area contributed by atoms with Crippen LogP contribution in [-0.2, 0) is 11.2 Å². The lowest BCUT2D eigenvalue weighted by Gasteiger charge is -2.42. The predicted octanol–water partition coefficient (Wildman–Crippen LogP) is 3.63. The highest BCUT2D eigenvalue weighted by atomic mass is 16.1. The number of piperazine rings is 1. The number of H-pyrrole nitrogens is 1. The van der Waals surface area contributed by atoms with Crippen molar-refractivity contribution in [3.63, 3.8) is 0 Å². The first-order valence-electron chi connectivity index (χ1n) is 14.4. The zero-order valence-corrected chi connectivity index (χ0v) is 23.8. The number of carbonyl (C=O) groups excluding carboxylic acids is 1. The van der Waals surface area contributed by atoms with Gasteiger partial charge in [0.05, 0.1) is 12.1 Å². The van der Waals surface area contributed by atoms with Gasteiger partial charge in [-0.2, -0.15) is 0 Å². The third-order valence-electron chi connectivity index (χ3n) is 8.23. The van der Waals surface area contributed by atoms with Gasteiger partial charge < -0.3 is 15.1 Å². The summed E-state index contributed by atoms with van der Waals surface area (Å²) in [7, 11) is 2.20. The van der Waals surface area contributed by atoms with Gasteiger partial charge in [0.1, 0.15) is 5.82 Å². The van der Waals surface area contributed by atoms with Crippen LogP contribution in [0, 0.1) is 6.92 Å². The maximum absolute atomic E-state index is 13.1. The number of aromatic nitrogens is 5. The largest absolute Gasteiger partial charge is 0.356 e. The van der Waals surface area contributed by atoms with Crippen LogP contribution in [0.25, 0.3) is 22.6 Å². The van der Waals surface area contributed by atoms with Crippen molar-refractivity contribution >= 4 is 17.4 Å². The summed E-state index contributed by atoms with van der Waals surface area (Å²) < 4.78 is 0. The molecular formula is C31H37N9O. The lowest BCUT2D eigenvalue weighted by Crippen LogP contribution is -2.52. The second-order valence-electron chi connectivity index (χ2n) is 11.2. The van der Waals surface area contributed by atoms with Crippen LogP contribution in [0.3, 0.4) is 0 Å². The summed E-state index contributed by atoms with van der Waals surface area (Å²) in [5.74, 6) is 1.39. The van der Waals surface area contributed by atoms with Gasteiger partial charge in [0.2, 0.25) is 5.91 Å². The fourth-order valence-corrected chi connectivity index (χ4v) is 5.82. The lowest BCUT2D eigenvalue weighted by molar-refractivity contribution is -0.115. The molecule has 2 aliphatic rings. The molecule has 4 heterocycles. The van der Waals surface area contributed by atoms with E-state index < -0.39 is 0 Å². The molecule has 2 N–H and O–H groups in total. The van der Waals surface area contributed by atoms with E-state index >= 15 is 0 Å². The molecule has 0 unspecified atom stereocenters. The standard InChI is InChI=1S/C31H37N9O/c1-22-7-9-23(10-8-22)19-30(41)32-24-20-28(26-5-3-4-6-27(26)31-34-36-37-35-31)33-29(21-24)40-13-11-25(12-14-40)39-17-15-38(2)16-18-39/h3-10,20-21,25H,11-19H2,1-2H3,(H,32,33,41)(H,34,35,36,37). The number of nitrogens with zero attached hydrogens (tertiary/aromatic N) is 7. The molecule has 0 radical (unpaired) electrons. The number of amides is 1. The highest BCUT2D eigenvalue weighted by Crippen LogP contribution is 2.33. The number of likely N-dealkylation sites (N-methyl/N-ethyl adjacent to an activating group) is 1. The molecule has 0 spiro atoms. The van der Waals surface area contributed by atoms with Gasteiger partial charge in [-0.05, 0) is 48.9 Å². The van der Waals surface area contributed by atoms with E-state index in [-0.39, 0.29) is 5.91 Å². The number of nitrogens with one attached hydrogen (secondary N) is 2. The third-order valence-corrected chi connectivity index (χ3v) is 8.23. The van der Waals surface area contributed by atoms with E-state index in [0.717, 1.165) is 86.0 Å². The number of aryl methyl sites for hydroxylation is 1. The van der Waals surface area contributed by atoms with Crippen LogP contribution in [0.1, 0.15) is 24.0 Å². The van der Waals surface area contributed by atoms with Crippen LogP contribution in [0.5, 0.6) is 0 Å². The minimum Gasteiger partial charge on any atom is -0.356 e. The monoisotopic (exact) mass is 551 g/mol. The fourth-order valence-electron chi connectivity index (χ4n) is 5.82. The Morgan fingerprint density at radius 1 is 0.951 bits per heavy atom. The number of pyridine rings is 1. The summed E-state index contributed by atoms with van der Waals surface area (Å²) >= 11 is 0. The molecule has 0 aliphatic carbocycles. The zero-order chi connectivity index (χ0) is 28.2. The van der Waals surface area contributed by atoms with E-state index in [9.17, 15) is 4.79 Å². The van der Waals surface area contributed by atoms with Crippen LogP contribution in [0.2, 0.25) is 0 Å². The van der Waals surface area contributed by atoms with E-state index in [4.69, 9.17) is 4.98 Å². The summed E-state index contributed by atoms with van der Waals surface area (Å²) in [6, 6.07) is 20.6. The van der Waals surface area contributed by atoms with Crippen molar-refractivity contribution in [2.75, 3.05) is 56.5 Å². The predicted molar refractivity (Wildman–Crippen MR) is 161 cm³/mol. The van der Waals surface area contributed by atoms with Gasteiger partial charge in [-0.25, -0.2) is 10.1 Å². The molecule has 212 valence electrons. The summed E-state index contributed by atoms with van der Waals surface area (Å²) in [6.07, 6.45) is 2.51. The molecule has 6 rings (SSSR count). The maximum atomic E-state index is 13.1. The maximum Gasteiger partial charge on any atom is 0.228 e. The number of piperidine rings is 1. The average Bonchev–Trinajstić information content (AvgIpc) is 3.54. The van der Waals surface area contributed by atoms with E-state index in [1.54, 1.807) is 0 Å². The molecule has 2 aromatic heterocycles. The van der Waals surface area contributed by atoms with Gasteiger partial charge in [0.15, 0.2) is 5.82 Å². The number of anilines is 2. The number of tetrazole rings is 1. The Labute approximate surface area is 240 Å². The number of hydrogen-bond acceptors (Lipinski definition) is 8. The molecule has 0 atom stereocenters. The number of aromatic amines is 1. The average molecular weight is 552 g/mol. The minimum absolute atomic E-state index is 0.0570. The van der Waals surface area contributed by atoms with Crippen molar-refractivity contribution in [2.24, 2.45) is 0 Å². The molecule has 0 bridgehead atoms. The molecule has 2 aliphatic heterocycles. The Balaban J connectivity index is 1.26. The summed E-state index contributed by atoms with van der Waals surface area (Å²) in [5.41, 5.74) is 5.41. The van der Waals surface area contributed by atoms with Gasteiger partial charge in [-0.3, -0.25) is 9.69 Å². The first kappa shape index (κ1) is 27.0. The van der Waals surface area contributed by atoms with Crippen LogP contribution in [0.15, 0.2) is 60.7 Å². The normalized spacial score (nSPS) is 17.1. The molecule has 2 saturated heterocycles. The van der Waals surface area contributed by atoms with Crippen molar-refractivity contribution in [3.8, 4) is 22.6 Å². The zero-order valence-electron chi connectivity index (χ0n) is 23.8. The van der Waals surface area contributed by atoms with Crippen molar-refractivity contribution in [2.45, 2.75) is 32.2 Å². The van der Waals surface area contributed by atoms with Crippen LogP contribution in [0.4, 0.5) is 11.5 Å². The highest BCUT2D eigenvalue weighted by Gasteiger charge is 2.27. The molecule has 2 fully saturated rings. The molecule has 2 aromatic carbocycles. The molecule has 10 nitrogen and oxygen atoms in total. The number of carbonyl (C=O) groups is 1. The molecule has 0 saturated carbocycles. The first-order chi connectivity index (χ1) is 20.0. The SMILES string of the molecule is Cc1ccc(CC(=O)Nc2cc(-c3ccccc3-c3nnn[nH]3)nc(N3CCC(N4CCN(C)CC4)CC3)c2)cc1. The van der Waals surface area contributed by atoms with Gasteiger partial charge >= 0.3 is 0 Å². The summed E-state index contributed by atoms with van der Waals surface area (Å²) in [6.45, 7) is 8.45. The van der Waals surface area contributed by atoms with E-state index in [0.29, 0.717) is 18.3 Å². The Morgan fingerprint density at radius 3 is 2.39 bits per heavy atom. The molecule has 10 heteroatoms. The Kier molecular flexibility index (Phi) is 8.02. The molecule has 41 heavy (non-hydrogen) atoms. The van der Waals surface area contributed by atoms with Crippen LogP contribution in [-0.4, -0.2) is 93.7 Å². The van der Waals surface area contributed by atoms with Crippen molar-refractivity contribution in [1.82, 2.24) is 35.4 Å². The van der Waals surface area contributed by atoms with Gasteiger partial charge in [0, 0.05) is 68.2 Å². The first-order valence-corrected chi connectivity index (χ1v) is 14.4. The second kappa shape index (κ2) is 12.2. The van der Waals surface area contributed by atoms with Gasteiger partial charge in [-0.15, -0.1) is 5.10 Å². The number of hydrogen-bond donors (Lipinski definition) is 2. The van der Waals surface area contributed by atoms with E-state index in [1.165, 1.54) is 5.56 Å². The fraction of sp³-hybridized carbons (Fsp3) is 0.387. The van der Waals surface area contributed by atoms with Gasteiger partial charge in [-0.1, -0.05) is 54.1 Å². The topological polar surface area (TPSA) is 106 Å². The summed E-state index contributed by atoms with van der Waals surface area (Å²) in [4.78, 5) is 25.6. The Bertz CT molecular complexity index is 1460. The van der Waals surface area contributed by atoms with E-state index in [2.05, 4.69) is 47.7 Å². The Hall–Kier alpha value is -4.15. The molecule has 1 amide bonds. The van der Waals surface area contributed by atoms with Gasteiger partial charge in [0.25, 0.3) is 0 Å². The lowest BCUT2D eigenvalue weighted by atomic mass is 10.0. The van der Waals surface area contributed by atoms with Crippen molar-refractivity contribution in [3.05, 3.63) is 71.8 Å². The Morgan fingerprint density at radius 2 is 1.68 bits per heavy atom. The van der Waals surface area contributed by atoms with Crippen molar-refractivity contribution < 1.29 is 4.79 Å².